The van der Waals surface area contributed by atoms with Crippen LogP contribution < -0.4 is 4.90 Å². The van der Waals surface area contributed by atoms with Gasteiger partial charge in [-0.3, -0.25) is 9.69 Å². The highest BCUT2D eigenvalue weighted by molar-refractivity contribution is 6.30. The van der Waals surface area contributed by atoms with Crippen molar-refractivity contribution in [2.75, 3.05) is 51.7 Å². The minimum absolute atomic E-state index is 0.264. The van der Waals surface area contributed by atoms with Gasteiger partial charge in [-0.25, -0.2) is 9.97 Å². The van der Waals surface area contributed by atoms with Gasteiger partial charge in [-0.1, -0.05) is 23.7 Å². The van der Waals surface area contributed by atoms with E-state index in [4.69, 9.17) is 16.6 Å². The minimum Gasteiger partial charge on any atom is -0.347 e. The van der Waals surface area contributed by atoms with Crippen LogP contribution >= 0.6 is 11.6 Å². The molecule has 0 spiro atoms. The zero-order valence-corrected chi connectivity index (χ0v) is 18.6. The average Bonchev–Trinajstić information content (AvgIpc) is 3.28. The Morgan fingerprint density at radius 3 is 2.73 bits per heavy atom. The van der Waals surface area contributed by atoms with Crippen LogP contribution in [0.3, 0.4) is 0 Å². The molecule has 0 saturated carbocycles. The minimum atomic E-state index is 0.264. The Bertz CT molecular complexity index is 897. The van der Waals surface area contributed by atoms with Gasteiger partial charge in [0.1, 0.15) is 0 Å². The molecular formula is C23H30ClN5O. The third kappa shape index (κ3) is 4.76. The van der Waals surface area contributed by atoms with E-state index in [0.717, 1.165) is 68.7 Å². The summed E-state index contributed by atoms with van der Waals surface area (Å²) >= 11 is 6.26. The van der Waals surface area contributed by atoms with Gasteiger partial charge in [-0.2, -0.15) is 0 Å². The van der Waals surface area contributed by atoms with Crippen LogP contribution in [0.4, 0.5) is 5.95 Å². The molecule has 0 N–H and O–H groups in total. The van der Waals surface area contributed by atoms with Crippen LogP contribution in [0.2, 0.25) is 5.02 Å². The monoisotopic (exact) mass is 427 g/mol. The number of halogens is 1. The van der Waals surface area contributed by atoms with Crippen molar-refractivity contribution in [2.24, 2.45) is 0 Å². The lowest BCUT2D eigenvalue weighted by molar-refractivity contribution is -0.131. The fourth-order valence-electron chi connectivity index (χ4n) is 4.47. The lowest BCUT2D eigenvalue weighted by Crippen LogP contribution is -2.43. The molecule has 160 valence electrons. The van der Waals surface area contributed by atoms with E-state index in [0.29, 0.717) is 17.5 Å². The summed E-state index contributed by atoms with van der Waals surface area (Å²) in [6, 6.07) is 7.87. The van der Waals surface area contributed by atoms with Crippen molar-refractivity contribution in [1.29, 1.82) is 0 Å². The molecule has 0 unspecified atom stereocenters. The van der Waals surface area contributed by atoms with E-state index >= 15 is 0 Å². The molecule has 2 saturated heterocycles. The van der Waals surface area contributed by atoms with Gasteiger partial charge in [0.05, 0.1) is 12.2 Å². The number of piperidine rings is 1. The van der Waals surface area contributed by atoms with E-state index in [2.05, 4.69) is 16.0 Å². The van der Waals surface area contributed by atoms with Gasteiger partial charge in [0, 0.05) is 56.4 Å². The summed E-state index contributed by atoms with van der Waals surface area (Å²) in [4.78, 5) is 28.4. The van der Waals surface area contributed by atoms with Gasteiger partial charge >= 0.3 is 0 Å². The molecule has 7 heteroatoms. The number of amides is 1. The van der Waals surface area contributed by atoms with Crippen LogP contribution in [-0.4, -0.2) is 72.5 Å². The Balaban J connectivity index is 1.59. The molecule has 0 radical (unpaired) electrons. The quantitative estimate of drug-likeness (QED) is 0.728. The highest BCUT2D eigenvalue weighted by Crippen LogP contribution is 2.34. The summed E-state index contributed by atoms with van der Waals surface area (Å²) in [5, 5.41) is 0.705. The Kier molecular flexibility index (Phi) is 6.54. The van der Waals surface area contributed by atoms with Gasteiger partial charge in [0.2, 0.25) is 11.9 Å². The maximum Gasteiger partial charge on any atom is 0.236 e. The zero-order chi connectivity index (χ0) is 21.1. The summed E-state index contributed by atoms with van der Waals surface area (Å²) in [6.07, 6.45) is 6.30. The van der Waals surface area contributed by atoms with Crippen molar-refractivity contribution in [2.45, 2.75) is 31.6 Å². The number of likely N-dealkylation sites (tertiary alicyclic amines) is 2. The Morgan fingerprint density at radius 1 is 1.20 bits per heavy atom. The predicted molar refractivity (Wildman–Crippen MR) is 121 cm³/mol. The second kappa shape index (κ2) is 9.31. The van der Waals surface area contributed by atoms with Gasteiger partial charge < -0.3 is 9.80 Å². The average molecular weight is 428 g/mol. The molecule has 2 fully saturated rings. The number of hydrogen-bond donors (Lipinski definition) is 0. The number of rotatable bonds is 5. The molecule has 4 rings (SSSR count). The van der Waals surface area contributed by atoms with Gasteiger partial charge in [-0.05, 0) is 49.9 Å². The van der Waals surface area contributed by atoms with Gasteiger partial charge in [0.25, 0.3) is 0 Å². The lowest BCUT2D eigenvalue weighted by Gasteiger charge is -2.34. The standard InChI is InChI=1S/C23H30ClN5O/c1-27(2)23-25-14-20(17-7-5-9-19(24)13-17)22(26-23)18-8-6-10-28(15-18)16-21(30)29-11-3-4-12-29/h5,7,9,13-14,18H,3-4,6,8,10-12,15-16H2,1-2H3/t18-/m1/s1. The molecule has 2 aliphatic heterocycles. The number of nitrogens with zero attached hydrogens (tertiary/aromatic N) is 5. The number of benzene rings is 1. The molecule has 2 aromatic rings. The van der Waals surface area contributed by atoms with E-state index < -0.39 is 0 Å². The summed E-state index contributed by atoms with van der Waals surface area (Å²) in [7, 11) is 3.92. The van der Waals surface area contributed by atoms with E-state index in [9.17, 15) is 4.79 Å². The van der Waals surface area contributed by atoms with Crippen molar-refractivity contribution in [3.63, 3.8) is 0 Å². The van der Waals surface area contributed by atoms with Crippen LogP contribution in [0.5, 0.6) is 0 Å². The number of hydrogen-bond acceptors (Lipinski definition) is 5. The topological polar surface area (TPSA) is 52.6 Å². The van der Waals surface area contributed by atoms with E-state index in [-0.39, 0.29) is 11.8 Å². The molecule has 3 heterocycles. The molecule has 1 atom stereocenters. The number of carbonyl (C=O) groups is 1. The van der Waals surface area contributed by atoms with Crippen LogP contribution in [0.1, 0.15) is 37.3 Å². The fraction of sp³-hybridized carbons (Fsp3) is 0.522. The van der Waals surface area contributed by atoms with Crippen molar-refractivity contribution >= 4 is 23.5 Å². The summed E-state index contributed by atoms with van der Waals surface area (Å²) < 4.78 is 0. The van der Waals surface area contributed by atoms with Crippen LogP contribution in [-0.2, 0) is 4.79 Å². The summed E-state index contributed by atoms with van der Waals surface area (Å²) in [5.41, 5.74) is 3.11. The Labute approximate surface area is 183 Å². The fourth-order valence-corrected chi connectivity index (χ4v) is 4.66. The zero-order valence-electron chi connectivity index (χ0n) is 17.9. The SMILES string of the molecule is CN(C)c1ncc(-c2cccc(Cl)c2)c([C@@H]2CCCN(CC(=O)N3CCCC3)C2)n1. The van der Waals surface area contributed by atoms with Crippen molar-refractivity contribution < 1.29 is 4.79 Å². The summed E-state index contributed by atoms with van der Waals surface area (Å²) in [5.74, 6) is 1.24. The Hall–Kier alpha value is -2.18. The molecule has 1 aromatic carbocycles. The molecule has 30 heavy (non-hydrogen) atoms. The van der Waals surface area contributed by atoms with Gasteiger partial charge in [0.15, 0.2) is 0 Å². The van der Waals surface area contributed by atoms with E-state index in [1.165, 1.54) is 0 Å². The third-order valence-corrected chi connectivity index (χ3v) is 6.29. The van der Waals surface area contributed by atoms with Crippen molar-refractivity contribution in [3.8, 4) is 11.1 Å². The highest BCUT2D eigenvalue weighted by Gasteiger charge is 2.28. The van der Waals surface area contributed by atoms with Crippen molar-refractivity contribution in [3.05, 3.63) is 41.2 Å². The normalized spacial score (nSPS) is 19.8. The number of anilines is 1. The maximum absolute atomic E-state index is 12.7. The molecule has 6 nitrogen and oxygen atoms in total. The van der Waals surface area contributed by atoms with E-state index in [1.807, 2.05) is 48.3 Å². The predicted octanol–water partition coefficient (Wildman–Crippen LogP) is 3.66. The number of carbonyl (C=O) groups excluding carboxylic acids is 1. The first-order valence-electron chi connectivity index (χ1n) is 10.8. The summed E-state index contributed by atoms with van der Waals surface area (Å²) in [6.45, 7) is 4.14. The number of aromatic nitrogens is 2. The Morgan fingerprint density at radius 2 is 2.00 bits per heavy atom. The van der Waals surface area contributed by atoms with Crippen molar-refractivity contribution in [1.82, 2.24) is 19.8 Å². The first kappa shape index (κ1) is 21.1. The largest absolute Gasteiger partial charge is 0.347 e. The van der Waals surface area contributed by atoms with Crippen LogP contribution in [0.25, 0.3) is 11.1 Å². The van der Waals surface area contributed by atoms with E-state index in [1.54, 1.807) is 0 Å². The highest BCUT2D eigenvalue weighted by atomic mass is 35.5. The van der Waals surface area contributed by atoms with Crippen LogP contribution in [0, 0.1) is 0 Å². The smallest absolute Gasteiger partial charge is 0.236 e. The first-order chi connectivity index (χ1) is 14.5. The molecule has 0 aliphatic carbocycles. The second-order valence-corrected chi connectivity index (χ2v) is 8.97. The maximum atomic E-state index is 12.7. The molecule has 1 aromatic heterocycles. The molecule has 0 bridgehead atoms. The molecule has 2 aliphatic rings. The molecular weight excluding hydrogens is 398 g/mol. The first-order valence-corrected chi connectivity index (χ1v) is 11.2. The van der Waals surface area contributed by atoms with Crippen LogP contribution in [0.15, 0.2) is 30.5 Å². The second-order valence-electron chi connectivity index (χ2n) is 8.54. The van der Waals surface area contributed by atoms with Gasteiger partial charge in [-0.15, -0.1) is 0 Å². The third-order valence-electron chi connectivity index (χ3n) is 6.05. The lowest BCUT2D eigenvalue weighted by atomic mass is 9.90. The molecule has 1 amide bonds.